The molecule has 0 bridgehead atoms. The molecule has 0 aromatic heterocycles. The molecular formula is C78H152O17P2. The van der Waals surface area contributed by atoms with Crippen LogP contribution in [-0.2, 0) is 65.4 Å². The molecule has 0 aromatic carbocycles. The van der Waals surface area contributed by atoms with Crippen LogP contribution in [0, 0.1) is 17.8 Å². The van der Waals surface area contributed by atoms with Crippen LogP contribution in [0.4, 0.5) is 0 Å². The molecule has 0 radical (unpaired) electrons. The van der Waals surface area contributed by atoms with Crippen molar-refractivity contribution in [2.75, 3.05) is 39.6 Å². The van der Waals surface area contributed by atoms with Gasteiger partial charge >= 0.3 is 39.5 Å². The second kappa shape index (κ2) is 68.5. The number of carbonyl (C=O) groups is 4. The quantitative estimate of drug-likeness (QED) is 0.0222. The molecule has 3 N–H and O–H groups in total. The Kier molecular flexibility index (Phi) is 67.1. The van der Waals surface area contributed by atoms with Crippen molar-refractivity contribution in [3.63, 3.8) is 0 Å². The summed E-state index contributed by atoms with van der Waals surface area (Å²) in [5, 5.41) is 10.6. The van der Waals surface area contributed by atoms with Crippen molar-refractivity contribution in [1.82, 2.24) is 0 Å². The standard InChI is InChI=1S/C78H152O17P2/c1-8-10-11-12-13-14-15-16-17-21-24-30-38-45-52-59-75(80)88-65-73(94-77(82)61-54-47-40-31-25-22-19-18-20-23-28-35-42-49-56-69(3)4)67-92-96(84,85)90-63-72(79)64-91-97(86,87)93-68-74(66-89-76(81)60-53-46-39-34-33-36-43-50-57-70(5)6)95-78(83)62-55-48-41-32-27-26-29-37-44-51-58-71(7)9-2/h69-74,79H,8-68H2,1-7H3,(H,84,85)(H,86,87)/t71?,72-,73-,74-/m1/s1. The Morgan fingerprint density at radius 3 is 0.784 bits per heavy atom. The lowest BCUT2D eigenvalue weighted by Crippen LogP contribution is -2.30. The number of rotatable bonds is 76. The van der Waals surface area contributed by atoms with Crippen molar-refractivity contribution in [3.05, 3.63) is 0 Å². The maximum Gasteiger partial charge on any atom is 0.472 e. The van der Waals surface area contributed by atoms with Crippen LogP contribution in [0.2, 0.25) is 0 Å². The summed E-state index contributed by atoms with van der Waals surface area (Å²) in [6.07, 6.45) is 55.4. The van der Waals surface area contributed by atoms with E-state index in [1.807, 2.05) is 0 Å². The van der Waals surface area contributed by atoms with E-state index in [4.69, 9.17) is 37.0 Å². The summed E-state index contributed by atoms with van der Waals surface area (Å²) >= 11 is 0. The minimum absolute atomic E-state index is 0.106. The summed E-state index contributed by atoms with van der Waals surface area (Å²) in [4.78, 5) is 72.9. The zero-order valence-corrected chi connectivity index (χ0v) is 65.3. The zero-order chi connectivity index (χ0) is 71.6. The van der Waals surface area contributed by atoms with Gasteiger partial charge in [-0.1, -0.05) is 350 Å². The van der Waals surface area contributed by atoms with E-state index in [9.17, 15) is 43.2 Å². The second-order valence-electron chi connectivity index (χ2n) is 29.3. The molecule has 6 atom stereocenters. The van der Waals surface area contributed by atoms with Gasteiger partial charge in [-0.25, -0.2) is 9.13 Å². The molecule has 0 aromatic rings. The Bertz CT molecular complexity index is 1890. The largest absolute Gasteiger partial charge is 0.472 e. The Balaban J connectivity index is 5.27. The van der Waals surface area contributed by atoms with Gasteiger partial charge in [-0.15, -0.1) is 0 Å². The van der Waals surface area contributed by atoms with E-state index in [1.165, 1.54) is 212 Å². The van der Waals surface area contributed by atoms with Gasteiger partial charge in [-0.2, -0.15) is 0 Å². The first kappa shape index (κ1) is 95.1. The number of aliphatic hydroxyl groups excluding tert-OH is 1. The number of hydrogen-bond donors (Lipinski definition) is 3. The fourth-order valence-electron chi connectivity index (χ4n) is 11.9. The third kappa shape index (κ3) is 70.9. The third-order valence-corrected chi connectivity index (χ3v) is 20.4. The van der Waals surface area contributed by atoms with Crippen molar-refractivity contribution in [1.29, 1.82) is 0 Å². The molecule has 576 valence electrons. The lowest BCUT2D eigenvalue weighted by molar-refractivity contribution is -0.161. The highest BCUT2D eigenvalue weighted by Crippen LogP contribution is 2.45. The highest BCUT2D eigenvalue weighted by molar-refractivity contribution is 7.47. The zero-order valence-electron chi connectivity index (χ0n) is 63.5. The number of hydrogen-bond acceptors (Lipinski definition) is 15. The molecule has 0 amide bonds. The normalized spacial score (nSPS) is 14.3. The Morgan fingerprint density at radius 1 is 0.299 bits per heavy atom. The van der Waals surface area contributed by atoms with Gasteiger partial charge in [0.2, 0.25) is 0 Å². The smallest absolute Gasteiger partial charge is 0.462 e. The molecule has 0 spiro atoms. The number of esters is 4. The number of aliphatic hydroxyl groups is 1. The molecule has 17 nitrogen and oxygen atoms in total. The predicted octanol–water partition coefficient (Wildman–Crippen LogP) is 23.0. The van der Waals surface area contributed by atoms with E-state index < -0.39 is 97.5 Å². The van der Waals surface area contributed by atoms with Gasteiger partial charge in [0, 0.05) is 25.7 Å². The van der Waals surface area contributed by atoms with Crippen LogP contribution in [0.3, 0.4) is 0 Å². The summed E-state index contributed by atoms with van der Waals surface area (Å²) in [5.41, 5.74) is 0. The summed E-state index contributed by atoms with van der Waals surface area (Å²) < 4.78 is 68.6. The van der Waals surface area contributed by atoms with Crippen LogP contribution in [0.15, 0.2) is 0 Å². The molecular weight excluding hydrogens is 1270 g/mol. The van der Waals surface area contributed by atoms with Crippen molar-refractivity contribution in [3.8, 4) is 0 Å². The molecule has 3 unspecified atom stereocenters. The van der Waals surface area contributed by atoms with Crippen molar-refractivity contribution in [2.24, 2.45) is 17.8 Å². The van der Waals surface area contributed by atoms with Crippen molar-refractivity contribution in [2.45, 2.75) is 420 Å². The minimum atomic E-state index is -4.96. The van der Waals surface area contributed by atoms with Gasteiger partial charge in [-0.3, -0.25) is 37.3 Å². The van der Waals surface area contributed by atoms with Crippen LogP contribution < -0.4 is 0 Å². The van der Waals surface area contributed by atoms with Crippen LogP contribution in [0.5, 0.6) is 0 Å². The van der Waals surface area contributed by atoms with E-state index in [-0.39, 0.29) is 25.7 Å². The molecule has 0 heterocycles. The monoisotopic (exact) mass is 1420 g/mol. The Morgan fingerprint density at radius 2 is 0.526 bits per heavy atom. The highest BCUT2D eigenvalue weighted by atomic mass is 31.2. The number of unbranched alkanes of at least 4 members (excludes halogenated alkanes) is 43. The van der Waals surface area contributed by atoms with Gasteiger partial charge in [0.15, 0.2) is 12.2 Å². The van der Waals surface area contributed by atoms with Crippen LogP contribution >= 0.6 is 15.6 Å². The van der Waals surface area contributed by atoms with E-state index in [2.05, 4.69) is 48.5 Å². The summed E-state index contributed by atoms with van der Waals surface area (Å²) in [7, 11) is -9.92. The lowest BCUT2D eigenvalue weighted by atomic mass is 9.99. The Labute approximate surface area is 594 Å². The van der Waals surface area contributed by atoms with E-state index in [0.717, 1.165) is 108 Å². The van der Waals surface area contributed by atoms with E-state index >= 15 is 0 Å². The van der Waals surface area contributed by atoms with Gasteiger partial charge in [0.25, 0.3) is 0 Å². The predicted molar refractivity (Wildman–Crippen MR) is 395 cm³/mol. The maximum absolute atomic E-state index is 13.1. The van der Waals surface area contributed by atoms with E-state index in [1.54, 1.807) is 0 Å². The number of ether oxygens (including phenoxy) is 4. The van der Waals surface area contributed by atoms with Crippen molar-refractivity contribution >= 4 is 39.5 Å². The molecule has 0 saturated carbocycles. The molecule has 0 rings (SSSR count). The molecule has 0 aliphatic rings. The van der Waals surface area contributed by atoms with Gasteiger partial charge < -0.3 is 33.8 Å². The van der Waals surface area contributed by atoms with Crippen LogP contribution in [0.25, 0.3) is 0 Å². The molecule has 19 heteroatoms. The van der Waals surface area contributed by atoms with Gasteiger partial charge in [0.05, 0.1) is 26.4 Å². The number of phosphoric ester groups is 2. The SMILES string of the molecule is CCCCCCCCCCCCCCCCCC(=O)OC[C@H](COP(=O)(O)OC[C@@H](O)COP(=O)(O)OC[C@@H](COC(=O)CCCCCCCCCCC(C)C)OC(=O)CCCCCCCCCCCCC(C)CC)OC(=O)CCCCCCCCCCCCCCCCC(C)C. The first-order valence-corrected chi connectivity index (χ1v) is 43.4. The van der Waals surface area contributed by atoms with Crippen LogP contribution in [0.1, 0.15) is 402 Å². The number of phosphoric acid groups is 2. The summed E-state index contributed by atoms with van der Waals surface area (Å²) in [6, 6.07) is 0. The highest BCUT2D eigenvalue weighted by Gasteiger charge is 2.30. The Hall–Kier alpha value is -1.94. The number of carbonyl (C=O) groups excluding carboxylic acids is 4. The molecule has 0 aliphatic carbocycles. The minimum Gasteiger partial charge on any atom is -0.462 e. The maximum atomic E-state index is 13.1. The molecule has 0 saturated heterocycles. The fraction of sp³-hybridized carbons (Fsp3) is 0.949. The average Bonchev–Trinajstić information content (AvgIpc) is 1.20. The molecule has 0 fully saturated rings. The van der Waals surface area contributed by atoms with Gasteiger partial charge in [0.1, 0.15) is 19.3 Å². The van der Waals surface area contributed by atoms with Gasteiger partial charge in [-0.05, 0) is 43.4 Å². The first-order valence-electron chi connectivity index (χ1n) is 40.4. The second-order valence-corrected chi connectivity index (χ2v) is 32.2. The molecule has 97 heavy (non-hydrogen) atoms. The third-order valence-electron chi connectivity index (χ3n) is 18.5. The topological polar surface area (TPSA) is 237 Å². The average molecular weight is 1420 g/mol. The summed E-state index contributed by atoms with van der Waals surface area (Å²) in [6.45, 7) is 11.9. The van der Waals surface area contributed by atoms with Crippen molar-refractivity contribution < 1.29 is 80.2 Å². The first-order chi connectivity index (χ1) is 46.8. The summed E-state index contributed by atoms with van der Waals surface area (Å²) in [5.74, 6) is 0.210. The van der Waals surface area contributed by atoms with Crippen LogP contribution in [-0.4, -0.2) is 96.7 Å². The fourth-order valence-corrected chi connectivity index (χ4v) is 13.5. The molecule has 0 aliphatic heterocycles. The lowest BCUT2D eigenvalue weighted by Gasteiger charge is -2.21. The van der Waals surface area contributed by atoms with E-state index in [0.29, 0.717) is 25.7 Å².